The van der Waals surface area contributed by atoms with E-state index >= 15 is 0 Å². The number of hydrogen-bond acceptors (Lipinski definition) is 6. The van der Waals surface area contributed by atoms with Gasteiger partial charge >= 0.3 is 0 Å². The molecular formula is C24H24N2O3S2. The summed E-state index contributed by atoms with van der Waals surface area (Å²) >= 11 is 3.35. The number of aromatic nitrogens is 1. The summed E-state index contributed by atoms with van der Waals surface area (Å²) in [6.07, 6.45) is 2.92. The lowest BCUT2D eigenvalue weighted by atomic mass is 10.2. The van der Waals surface area contributed by atoms with Gasteiger partial charge in [0.15, 0.2) is 5.13 Å². The van der Waals surface area contributed by atoms with E-state index in [1.54, 1.807) is 18.3 Å². The molecule has 0 atom stereocenters. The van der Waals surface area contributed by atoms with Crippen LogP contribution in [-0.2, 0) is 17.1 Å². The van der Waals surface area contributed by atoms with E-state index in [1.165, 1.54) is 16.9 Å². The smallest absolute Gasteiger partial charge is 0.229 e. The number of methoxy groups -OCH3 is 1. The van der Waals surface area contributed by atoms with Gasteiger partial charge in [-0.3, -0.25) is 9.69 Å². The molecule has 0 aliphatic rings. The second-order valence-electron chi connectivity index (χ2n) is 7.03. The molecule has 31 heavy (non-hydrogen) atoms. The fourth-order valence-electron chi connectivity index (χ4n) is 3.18. The molecule has 4 rings (SSSR count). The molecule has 2 heterocycles. The van der Waals surface area contributed by atoms with Crippen molar-refractivity contribution in [3.05, 3.63) is 78.3 Å². The number of rotatable bonds is 10. The molecule has 4 aromatic rings. The second-order valence-corrected chi connectivity index (χ2v) is 9.15. The molecule has 160 valence electrons. The van der Waals surface area contributed by atoms with Crippen molar-refractivity contribution < 1.29 is 13.9 Å². The predicted molar refractivity (Wildman–Crippen MR) is 128 cm³/mol. The van der Waals surface area contributed by atoms with Crippen molar-refractivity contribution in [2.24, 2.45) is 0 Å². The lowest BCUT2D eigenvalue weighted by Crippen LogP contribution is -2.30. The maximum absolute atomic E-state index is 13.1. The first-order chi connectivity index (χ1) is 15.2. The van der Waals surface area contributed by atoms with Gasteiger partial charge in [-0.25, -0.2) is 4.98 Å². The first-order valence-corrected chi connectivity index (χ1v) is 12.1. The summed E-state index contributed by atoms with van der Waals surface area (Å²) < 4.78 is 11.8. The van der Waals surface area contributed by atoms with Crippen LogP contribution in [0.2, 0.25) is 0 Å². The van der Waals surface area contributed by atoms with Gasteiger partial charge in [0, 0.05) is 12.2 Å². The molecule has 1 amide bonds. The van der Waals surface area contributed by atoms with E-state index in [0.29, 0.717) is 18.1 Å². The summed E-state index contributed by atoms with van der Waals surface area (Å²) in [4.78, 5) is 19.5. The monoisotopic (exact) mass is 452 g/mol. The number of benzene rings is 2. The Kier molecular flexibility index (Phi) is 7.27. The number of carbonyl (C=O) groups is 1. The fraction of sp³-hybridized carbons (Fsp3) is 0.250. The van der Waals surface area contributed by atoms with Gasteiger partial charge in [-0.05, 0) is 48.1 Å². The number of fused-ring (bicyclic) bond motifs is 1. The van der Waals surface area contributed by atoms with E-state index in [9.17, 15) is 4.79 Å². The van der Waals surface area contributed by atoms with Gasteiger partial charge in [-0.15, -0.1) is 0 Å². The zero-order valence-electron chi connectivity index (χ0n) is 17.3. The standard InChI is InChI=1S/C24H24N2O3S2/c1-28-19-11-12-21-22(15-19)31-24(25-21)26(16-20-9-5-13-29-20)23(27)10-6-14-30-17-18-7-3-2-4-8-18/h2-5,7-9,11-13,15H,6,10,14,16-17H2,1H3. The summed E-state index contributed by atoms with van der Waals surface area (Å²) in [5, 5.41) is 0.682. The number of carbonyl (C=O) groups excluding carboxylic acids is 1. The van der Waals surface area contributed by atoms with Crippen molar-refractivity contribution in [3.63, 3.8) is 0 Å². The minimum Gasteiger partial charge on any atom is -0.497 e. The lowest BCUT2D eigenvalue weighted by molar-refractivity contribution is -0.118. The zero-order valence-corrected chi connectivity index (χ0v) is 19.0. The fourth-order valence-corrected chi connectivity index (χ4v) is 5.11. The number of furan rings is 1. The van der Waals surface area contributed by atoms with Crippen LogP contribution < -0.4 is 9.64 Å². The van der Waals surface area contributed by atoms with Gasteiger partial charge < -0.3 is 9.15 Å². The van der Waals surface area contributed by atoms with Gasteiger partial charge in [0.2, 0.25) is 5.91 Å². The van der Waals surface area contributed by atoms with Crippen molar-refractivity contribution in [2.45, 2.75) is 25.1 Å². The molecule has 0 unspecified atom stereocenters. The largest absolute Gasteiger partial charge is 0.497 e. The topological polar surface area (TPSA) is 55.6 Å². The van der Waals surface area contributed by atoms with Crippen LogP contribution in [0, 0.1) is 0 Å². The number of ether oxygens (including phenoxy) is 1. The van der Waals surface area contributed by atoms with E-state index in [4.69, 9.17) is 14.1 Å². The molecule has 0 saturated carbocycles. The average molecular weight is 453 g/mol. The van der Waals surface area contributed by atoms with Gasteiger partial charge in [0.05, 0.1) is 30.1 Å². The Balaban J connectivity index is 1.41. The van der Waals surface area contributed by atoms with Crippen LogP contribution >= 0.6 is 23.1 Å². The molecule has 0 radical (unpaired) electrons. The Morgan fingerprint density at radius 3 is 2.81 bits per heavy atom. The highest BCUT2D eigenvalue weighted by atomic mass is 32.2. The number of thioether (sulfide) groups is 1. The van der Waals surface area contributed by atoms with Crippen LogP contribution in [0.5, 0.6) is 5.75 Å². The lowest BCUT2D eigenvalue weighted by Gasteiger charge is -2.18. The molecule has 5 nitrogen and oxygen atoms in total. The normalized spacial score (nSPS) is 11.0. The minimum absolute atomic E-state index is 0.0581. The van der Waals surface area contributed by atoms with Crippen LogP contribution in [0.1, 0.15) is 24.2 Å². The summed E-state index contributed by atoms with van der Waals surface area (Å²) in [7, 11) is 1.64. The zero-order chi connectivity index (χ0) is 21.5. The molecule has 0 aliphatic carbocycles. The average Bonchev–Trinajstić information content (AvgIpc) is 3.46. The first kappa shape index (κ1) is 21.5. The first-order valence-electron chi connectivity index (χ1n) is 10.1. The number of hydrogen-bond donors (Lipinski definition) is 0. The Labute approximate surface area is 190 Å². The van der Waals surface area contributed by atoms with Crippen LogP contribution in [0.3, 0.4) is 0 Å². The summed E-state index contributed by atoms with van der Waals surface area (Å²) in [5.41, 5.74) is 2.17. The third kappa shape index (κ3) is 5.68. The highest BCUT2D eigenvalue weighted by Crippen LogP contribution is 2.32. The van der Waals surface area contributed by atoms with E-state index in [2.05, 4.69) is 24.3 Å². The SMILES string of the molecule is COc1ccc2nc(N(Cc3ccco3)C(=O)CCCSCc3ccccc3)sc2c1. The van der Waals surface area contributed by atoms with E-state index in [-0.39, 0.29) is 5.91 Å². The molecule has 2 aromatic carbocycles. The Morgan fingerprint density at radius 2 is 2.03 bits per heavy atom. The van der Waals surface area contributed by atoms with Crippen molar-refractivity contribution in [1.82, 2.24) is 4.98 Å². The predicted octanol–water partition coefficient (Wildman–Crippen LogP) is 6.14. The van der Waals surface area contributed by atoms with Crippen molar-refractivity contribution in [2.75, 3.05) is 17.8 Å². The number of amides is 1. The molecule has 7 heteroatoms. The molecular weight excluding hydrogens is 428 g/mol. The number of nitrogens with zero attached hydrogens (tertiary/aromatic N) is 2. The quantitative estimate of drug-likeness (QED) is 0.270. The van der Waals surface area contributed by atoms with Crippen LogP contribution in [-0.4, -0.2) is 23.8 Å². The van der Waals surface area contributed by atoms with E-state index in [1.807, 2.05) is 48.2 Å². The summed E-state index contributed by atoms with van der Waals surface area (Å²) in [5.74, 6) is 3.48. The molecule has 0 aliphatic heterocycles. The Morgan fingerprint density at radius 1 is 1.16 bits per heavy atom. The van der Waals surface area contributed by atoms with E-state index < -0.39 is 0 Å². The molecule has 0 N–H and O–H groups in total. The maximum atomic E-state index is 13.1. The molecule has 2 aromatic heterocycles. The molecule has 0 saturated heterocycles. The number of thiazole rings is 1. The van der Waals surface area contributed by atoms with Crippen molar-refractivity contribution in [1.29, 1.82) is 0 Å². The highest BCUT2D eigenvalue weighted by molar-refractivity contribution is 7.98. The van der Waals surface area contributed by atoms with E-state index in [0.717, 1.165) is 39.7 Å². The maximum Gasteiger partial charge on any atom is 0.229 e. The van der Waals surface area contributed by atoms with Crippen LogP contribution in [0.4, 0.5) is 5.13 Å². The summed E-state index contributed by atoms with van der Waals surface area (Å²) in [6.45, 7) is 0.375. The van der Waals surface area contributed by atoms with Crippen molar-refractivity contribution in [3.8, 4) is 5.75 Å². The van der Waals surface area contributed by atoms with Gasteiger partial charge in [0.1, 0.15) is 11.5 Å². The molecule has 0 fully saturated rings. The molecule has 0 bridgehead atoms. The second kappa shape index (κ2) is 10.5. The van der Waals surface area contributed by atoms with Gasteiger partial charge in [0.25, 0.3) is 0 Å². The minimum atomic E-state index is 0.0581. The summed E-state index contributed by atoms with van der Waals surface area (Å²) in [6, 6.07) is 19.9. The Bertz CT molecular complexity index is 1110. The third-order valence-electron chi connectivity index (χ3n) is 4.80. The third-order valence-corrected chi connectivity index (χ3v) is 6.96. The van der Waals surface area contributed by atoms with Gasteiger partial charge in [-0.2, -0.15) is 11.8 Å². The van der Waals surface area contributed by atoms with Gasteiger partial charge in [-0.1, -0.05) is 41.7 Å². The Hall–Kier alpha value is -2.77. The van der Waals surface area contributed by atoms with Crippen molar-refractivity contribution >= 4 is 44.4 Å². The van der Waals surface area contributed by atoms with Crippen LogP contribution in [0.15, 0.2) is 71.3 Å². The highest BCUT2D eigenvalue weighted by Gasteiger charge is 2.21. The van der Waals surface area contributed by atoms with Crippen LogP contribution in [0.25, 0.3) is 10.2 Å². The number of anilines is 1. The molecule has 0 spiro atoms.